The molecule has 13 heteroatoms. The number of methoxy groups -OCH3 is 3. The average molecular weight is 639 g/mol. The van der Waals surface area contributed by atoms with Crippen molar-refractivity contribution in [1.82, 2.24) is 4.57 Å². The third-order valence-corrected chi connectivity index (χ3v) is 8.21. The normalized spacial score (nSPS) is 14.6. The van der Waals surface area contributed by atoms with Crippen molar-refractivity contribution in [3.63, 3.8) is 0 Å². The minimum Gasteiger partial charge on any atom is -0.493 e. The molecular formula is C31H27ClN2O9S. The summed E-state index contributed by atoms with van der Waals surface area (Å²) in [6, 6.07) is 10.00. The van der Waals surface area contributed by atoms with Crippen molar-refractivity contribution < 1.29 is 38.1 Å². The Morgan fingerprint density at radius 3 is 2.41 bits per heavy atom. The number of benzene rings is 2. The molecule has 0 aliphatic carbocycles. The second kappa shape index (κ2) is 12.4. The van der Waals surface area contributed by atoms with E-state index in [1.165, 1.54) is 44.1 Å². The monoisotopic (exact) mass is 638 g/mol. The topological polar surface area (TPSA) is 139 Å². The number of aromatic nitrogens is 1. The van der Waals surface area contributed by atoms with Crippen molar-refractivity contribution in [3.05, 3.63) is 95.3 Å². The Bertz CT molecular complexity index is 1980. The van der Waals surface area contributed by atoms with Gasteiger partial charge in [-0.1, -0.05) is 22.9 Å². The van der Waals surface area contributed by atoms with Gasteiger partial charge >= 0.3 is 11.9 Å². The van der Waals surface area contributed by atoms with E-state index >= 15 is 0 Å². The van der Waals surface area contributed by atoms with Crippen LogP contribution in [0.2, 0.25) is 5.02 Å². The summed E-state index contributed by atoms with van der Waals surface area (Å²) in [5, 5.41) is 9.68. The quantitative estimate of drug-likeness (QED) is 0.264. The molecule has 1 N–H and O–H groups in total. The summed E-state index contributed by atoms with van der Waals surface area (Å²) in [7, 11) is 4.43. The number of hydrogen-bond donors (Lipinski definition) is 1. The Hall–Kier alpha value is -4.81. The molecule has 1 aliphatic heterocycles. The fraction of sp³-hybridized carbons (Fsp3) is 0.226. The van der Waals surface area contributed by atoms with Crippen molar-refractivity contribution in [2.45, 2.75) is 19.9 Å². The van der Waals surface area contributed by atoms with E-state index in [9.17, 15) is 19.5 Å². The molecule has 228 valence electrons. The number of carboxylic acids is 1. The van der Waals surface area contributed by atoms with Crippen molar-refractivity contribution in [3.8, 4) is 28.6 Å². The number of ether oxygens (including phenoxy) is 4. The number of allylic oxidation sites excluding steroid dienone is 1. The Morgan fingerprint density at radius 2 is 1.80 bits per heavy atom. The van der Waals surface area contributed by atoms with Gasteiger partial charge in [0, 0.05) is 11.6 Å². The third-order valence-electron chi connectivity index (χ3n) is 6.90. The molecule has 2 aromatic carbocycles. The highest BCUT2D eigenvalue weighted by Gasteiger charge is 2.34. The number of carboxylic acid groups (broad SMARTS) is 1. The third kappa shape index (κ3) is 5.49. The minimum absolute atomic E-state index is 0.0511. The smallest absolute Gasteiger partial charge is 0.338 e. The molecule has 0 radical (unpaired) electrons. The maximum Gasteiger partial charge on any atom is 0.338 e. The highest BCUT2D eigenvalue weighted by molar-refractivity contribution is 7.07. The first kappa shape index (κ1) is 30.6. The maximum absolute atomic E-state index is 14.0. The standard InChI is InChI=1S/C31H27ClN2O9S/c1-6-42-30(38)25-15(2)33-31-34(26(25)17-12-22(39-3)27(41-5)23(13-17)40-4)28(35)24(44-31)14-18-8-10-21(43-18)19-11-16(29(36)37)7-9-20(19)32/h7-14,26H,6H2,1-5H3,(H,36,37)/b24-14-/t26-/m0/s1. The van der Waals surface area contributed by atoms with Gasteiger partial charge in [0.2, 0.25) is 5.75 Å². The lowest BCUT2D eigenvalue weighted by molar-refractivity contribution is -0.139. The lowest BCUT2D eigenvalue weighted by atomic mass is 9.95. The highest BCUT2D eigenvalue weighted by atomic mass is 35.5. The molecule has 1 atom stereocenters. The number of esters is 1. The van der Waals surface area contributed by atoms with Gasteiger partial charge in [-0.25, -0.2) is 14.6 Å². The van der Waals surface area contributed by atoms with Crippen LogP contribution in [0.1, 0.15) is 41.6 Å². The molecule has 4 aromatic rings. The fourth-order valence-corrected chi connectivity index (χ4v) is 6.16. The van der Waals surface area contributed by atoms with Gasteiger partial charge < -0.3 is 28.5 Å². The molecule has 11 nitrogen and oxygen atoms in total. The van der Waals surface area contributed by atoms with Crippen molar-refractivity contribution in [2.75, 3.05) is 27.9 Å². The zero-order valence-electron chi connectivity index (χ0n) is 24.3. The van der Waals surface area contributed by atoms with Gasteiger partial charge in [-0.05, 0) is 61.9 Å². The summed E-state index contributed by atoms with van der Waals surface area (Å²) in [4.78, 5) is 43.7. The molecule has 1 aliphatic rings. The number of thiazole rings is 1. The Kier molecular flexibility index (Phi) is 8.66. The van der Waals surface area contributed by atoms with Gasteiger partial charge in [0.1, 0.15) is 11.5 Å². The second-order valence-electron chi connectivity index (χ2n) is 9.46. The van der Waals surface area contributed by atoms with E-state index in [0.717, 1.165) is 11.3 Å². The molecule has 0 fully saturated rings. The van der Waals surface area contributed by atoms with E-state index in [2.05, 4.69) is 4.99 Å². The van der Waals surface area contributed by atoms with Crippen LogP contribution in [0.5, 0.6) is 17.2 Å². The predicted molar refractivity (Wildman–Crippen MR) is 163 cm³/mol. The lowest BCUT2D eigenvalue weighted by Gasteiger charge is -2.26. The molecule has 5 rings (SSSR count). The first-order chi connectivity index (χ1) is 21.1. The average Bonchev–Trinajstić information content (AvgIpc) is 3.59. The van der Waals surface area contributed by atoms with Gasteiger partial charge in [0.15, 0.2) is 16.3 Å². The molecule has 0 unspecified atom stereocenters. The second-order valence-corrected chi connectivity index (χ2v) is 10.9. The van der Waals surface area contributed by atoms with Crippen molar-refractivity contribution in [2.24, 2.45) is 4.99 Å². The Labute approximate surface area is 259 Å². The zero-order valence-corrected chi connectivity index (χ0v) is 25.9. The molecule has 0 amide bonds. The number of furan rings is 1. The zero-order chi connectivity index (χ0) is 31.7. The van der Waals surface area contributed by atoms with Crippen LogP contribution in [0.25, 0.3) is 17.4 Å². The van der Waals surface area contributed by atoms with Crippen LogP contribution in [0.15, 0.2) is 67.9 Å². The number of rotatable bonds is 9. The van der Waals surface area contributed by atoms with E-state index in [1.807, 2.05) is 0 Å². The number of carbonyl (C=O) groups excluding carboxylic acids is 1. The van der Waals surface area contributed by atoms with E-state index < -0.39 is 23.5 Å². The summed E-state index contributed by atoms with van der Waals surface area (Å²) in [6.07, 6.45) is 1.55. The van der Waals surface area contributed by atoms with Crippen molar-refractivity contribution >= 4 is 41.0 Å². The number of fused-ring (bicyclic) bond motifs is 1. The van der Waals surface area contributed by atoms with Crippen LogP contribution in [0.4, 0.5) is 0 Å². The van der Waals surface area contributed by atoms with Gasteiger partial charge in [-0.2, -0.15) is 0 Å². The first-order valence-electron chi connectivity index (χ1n) is 13.2. The maximum atomic E-state index is 14.0. The minimum atomic E-state index is -1.10. The summed E-state index contributed by atoms with van der Waals surface area (Å²) >= 11 is 7.43. The van der Waals surface area contributed by atoms with Crippen LogP contribution in [0, 0.1) is 0 Å². The number of aromatic carboxylic acids is 1. The Balaban J connectivity index is 1.68. The van der Waals surface area contributed by atoms with E-state index in [0.29, 0.717) is 55.4 Å². The molecule has 3 heterocycles. The largest absolute Gasteiger partial charge is 0.493 e. The van der Waals surface area contributed by atoms with Gasteiger partial charge in [0.25, 0.3) is 5.56 Å². The molecule has 0 saturated carbocycles. The Morgan fingerprint density at radius 1 is 1.09 bits per heavy atom. The summed E-state index contributed by atoms with van der Waals surface area (Å²) < 4.78 is 29.6. The van der Waals surface area contributed by atoms with Gasteiger partial charge in [-0.15, -0.1) is 0 Å². The van der Waals surface area contributed by atoms with Crippen LogP contribution in [-0.2, 0) is 9.53 Å². The molecule has 44 heavy (non-hydrogen) atoms. The predicted octanol–water partition coefficient (Wildman–Crippen LogP) is 4.44. The van der Waals surface area contributed by atoms with Crippen LogP contribution < -0.4 is 29.1 Å². The highest BCUT2D eigenvalue weighted by Crippen LogP contribution is 2.42. The molecular weight excluding hydrogens is 612 g/mol. The molecule has 0 saturated heterocycles. The molecule has 2 aromatic heterocycles. The summed E-state index contributed by atoms with van der Waals surface area (Å²) in [6.45, 7) is 3.50. The SMILES string of the molecule is CCOC(=O)C1=C(C)N=c2s/c(=C\c3ccc(-c4cc(C(=O)O)ccc4Cl)o3)c(=O)n2[C@H]1c1cc(OC)c(OC)c(OC)c1. The van der Waals surface area contributed by atoms with Gasteiger partial charge in [0.05, 0.1) is 60.4 Å². The van der Waals surface area contributed by atoms with E-state index in [4.69, 9.17) is 35.0 Å². The lowest BCUT2D eigenvalue weighted by Crippen LogP contribution is -2.40. The van der Waals surface area contributed by atoms with Crippen molar-refractivity contribution in [1.29, 1.82) is 0 Å². The molecule has 0 spiro atoms. The fourth-order valence-electron chi connectivity index (χ4n) is 4.92. The van der Waals surface area contributed by atoms with Crippen LogP contribution in [0.3, 0.4) is 0 Å². The number of nitrogens with zero attached hydrogens (tertiary/aromatic N) is 2. The van der Waals surface area contributed by atoms with Crippen LogP contribution in [-0.4, -0.2) is 49.5 Å². The van der Waals surface area contributed by atoms with E-state index in [1.54, 1.807) is 44.2 Å². The van der Waals surface area contributed by atoms with E-state index in [-0.39, 0.29) is 22.3 Å². The number of hydrogen-bond acceptors (Lipinski definition) is 10. The first-order valence-corrected chi connectivity index (χ1v) is 14.4. The number of carbonyl (C=O) groups is 2. The summed E-state index contributed by atoms with van der Waals surface area (Å²) in [5.41, 5.74) is 1.11. The number of halogens is 1. The summed E-state index contributed by atoms with van der Waals surface area (Å²) in [5.74, 6) is -0.0215. The van der Waals surface area contributed by atoms with Crippen LogP contribution >= 0.6 is 22.9 Å². The molecule has 0 bridgehead atoms. The van der Waals surface area contributed by atoms with Gasteiger partial charge in [-0.3, -0.25) is 9.36 Å².